The fourth-order valence-corrected chi connectivity index (χ4v) is 4.29. The number of nitrogens with one attached hydrogen (secondary N) is 1. The summed E-state index contributed by atoms with van der Waals surface area (Å²) in [5.41, 5.74) is 1.28. The Morgan fingerprint density at radius 2 is 1.80 bits per heavy atom. The van der Waals surface area contributed by atoms with Gasteiger partial charge in [0.1, 0.15) is 30.1 Å². The number of carbonyl (C=O) groups excluding carboxylic acids is 3. The van der Waals surface area contributed by atoms with Gasteiger partial charge in [-0.05, 0) is 36.2 Å². The number of aryl methyl sites for hydroxylation is 1. The Labute approximate surface area is 201 Å². The number of carbonyl (C=O) groups is 3. The molecule has 2 saturated heterocycles. The number of nitrogens with zero attached hydrogens (tertiary/aromatic N) is 4. The van der Waals surface area contributed by atoms with E-state index in [-0.39, 0.29) is 55.7 Å². The fourth-order valence-electron chi connectivity index (χ4n) is 4.29. The summed E-state index contributed by atoms with van der Waals surface area (Å²) in [6.45, 7) is 1.35. The van der Waals surface area contributed by atoms with Crippen molar-refractivity contribution in [1.29, 1.82) is 0 Å². The van der Waals surface area contributed by atoms with Gasteiger partial charge in [0, 0.05) is 31.8 Å². The molecule has 0 aromatic heterocycles. The molecule has 35 heavy (non-hydrogen) atoms. The third-order valence-corrected chi connectivity index (χ3v) is 6.24. The van der Waals surface area contributed by atoms with Gasteiger partial charge in [0.25, 0.3) is 0 Å². The van der Waals surface area contributed by atoms with Crippen LogP contribution in [0.15, 0.2) is 36.4 Å². The van der Waals surface area contributed by atoms with Crippen molar-refractivity contribution in [2.75, 3.05) is 33.8 Å². The number of methoxy groups -OCH3 is 1. The van der Waals surface area contributed by atoms with E-state index in [1.165, 1.54) is 32.8 Å². The first-order valence-corrected chi connectivity index (χ1v) is 11.1. The van der Waals surface area contributed by atoms with E-state index in [0.717, 1.165) is 11.6 Å². The Hall–Kier alpha value is -3.73. The molecule has 11 heteroatoms. The number of likely N-dealkylation sites (N-methyl/N-ethyl adjacent to an activating group) is 1. The SMILES string of the molecule is COc1ccc(CNC(=O)N2C3CN(Cc4cc(C)c(F)cc4F)C(=O)CN3C(=O)CN2C)cc1. The number of halogens is 2. The summed E-state index contributed by atoms with van der Waals surface area (Å²) in [7, 11) is 3.19. The van der Waals surface area contributed by atoms with Crippen LogP contribution in [0.4, 0.5) is 13.6 Å². The Kier molecular flexibility index (Phi) is 6.88. The van der Waals surface area contributed by atoms with Crippen LogP contribution >= 0.6 is 0 Å². The van der Waals surface area contributed by atoms with E-state index in [1.54, 1.807) is 26.3 Å². The molecule has 4 rings (SSSR count). The number of fused-ring (bicyclic) bond motifs is 1. The third kappa shape index (κ3) is 5.04. The van der Waals surface area contributed by atoms with Gasteiger partial charge in [-0.2, -0.15) is 0 Å². The van der Waals surface area contributed by atoms with E-state index in [9.17, 15) is 23.2 Å². The van der Waals surface area contributed by atoms with Gasteiger partial charge in [0.2, 0.25) is 11.8 Å². The molecule has 0 spiro atoms. The van der Waals surface area contributed by atoms with Crippen molar-refractivity contribution < 1.29 is 27.9 Å². The summed E-state index contributed by atoms with van der Waals surface area (Å²) >= 11 is 0. The van der Waals surface area contributed by atoms with Crippen molar-refractivity contribution in [3.05, 3.63) is 64.7 Å². The number of amides is 4. The molecule has 0 aliphatic carbocycles. The van der Waals surface area contributed by atoms with Gasteiger partial charge in [-0.1, -0.05) is 12.1 Å². The molecule has 4 amide bonds. The third-order valence-electron chi connectivity index (χ3n) is 6.24. The van der Waals surface area contributed by atoms with Gasteiger partial charge in [-0.3, -0.25) is 9.59 Å². The maximum Gasteiger partial charge on any atom is 0.334 e. The number of hydrogen-bond acceptors (Lipinski definition) is 5. The highest BCUT2D eigenvalue weighted by molar-refractivity contribution is 5.89. The first-order valence-electron chi connectivity index (χ1n) is 11.1. The highest BCUT2D eigenvalue weighted by Gasteiger charge is 2.45. The molecule has 1 N–H and O–H groups in total. The van der Waals surface area contributed by atoms with Crippen LogP contribution in [0, 0.1) is 18.6 Å². The highest BCUT2D eigenvalue weighted by atomic mass is 19.1. The minimum atomic E-state index is -0.764. The molecule has 9 nitrogen and oxygen atoms in total. The Balaban J connectivity index is 1.51. The summed E-state index contributed by atoms with van der Waals surface area (Å²) in [5.74, 6) is -1.38. The van der Waals surface area contributed by atoms with Crippen LogP contribution in [0.25, 0.3) is 0 Å². The molecule has 2 fully saturated rings. The lowest BCUT2D eigenvalue weighted by Crippen LogP contribution is -2.73. The second-order valence-electron chi connectivity index (χ2n) is 8.64. The van der Waals surface area contributed by atoms with E-state index in [4.69, 9.17) is 4.74 Å². The second kappa shape index (κ2) is 9.87. The quantitative estimate of drug-likeness (QED) is 0.696. The minimum Gasteiger partial charge on any atom is -0.497 e. The van der Waals surface area contributed by atoms with Crippen LogP contribution in [0.2, 0.25) is 0 Å². The minimum absolute atomic E-state index is 0.0132. The summed E-state index contributed by atoms with van der Waals surface area (Å²) in [4.78, 5) is 41.3. The number of hydrogen-bond donors (Lipinski definition) is 1. The fraction of sp³-hybridized carbons (Fsp3) is 0.375. The zero-order chi connectivity index (χ0) is 25.3. The smallest absolute Gasteiger partial charge is 0.334 e. The number of rotatable bonds is 5. The largest absolute Gasteiger partial charge is 0.497 e. The predicted molar refractivity (Wildman–Crippen MR) is 122 cm³/mol. The van der Waals surface area contributed by atoms with Crippen LogP contribution in [-0.4, -0.2) is 77.6 Å². The van der Waals surface area contributed by atoms with Crippen LogP contribution in [0.3, 0.4) is 0 Å². The molecule has 1 unspecified atom stereocenters. The molecular weight excluding hydrogens is 460 g/mol. The molecule has 0 saturated carbocycles. The van der Waals surface area contributed by atoms with Crippen molar-refractivity contribution in [2.24, 2.45) is 0 Å². The van der Waals surface area contributed by atoms with Gasteiger partial charge >= 0.3 is 6.03 Å². The molecule has 0 radical (unpaired) electrons. The number of piperazine rings is 1. The average Bonchev–Trinajstić information content (AvgIpc) is 2.82. The van der Waals surface area contributed by atoms with E-state index < -0.39 is 23.8 Å². The predicted octanol–water partition coefficient (Wildman–Crippen LogP) is 1.85. The van der Waals surface area contributed by atoms with Gasteiger partial charge in [-0.25, -0.2) is 23.6 Å². The zero-order valence-electron chi connectivity index (χ0n) is 19.8. The van der Waals surface area contributed by atoms with Crippen molar-refractivity contribution in [3.8, 4) is 5.75 Å². The molecule has 1 atom stereocenters. The lowest BCUT2D eigenvalue weighted by molar-refractivity contribution is -0.178. The Morgan fingerprint density at radius 1 is 1.09 bits per heavy atom. The maximum absolute atomic E-state index is 14.4. The van der Waals surface area contributed by atoms with E-state index in [2.05, 4.69) is 5.32 Å². The first-order chi connectivity index (χ1) is 16.7. The topological polar surface area (TPSA) is 85.4 Å². The summed E-state index contributed by atoms with van der Waals surface area (Å²) < 4.78 is 33.2. The van der Waals surface area contributed by atoms with Crippen molar-refractivity contribution in [2.45, 2.75) is 26.2 Å². The second-order valence-corrected chi connectivity index (χ2v) is 8.64. The molecular formula is C24H27F2N5O4. The molecule has 2 aromatic rings. The van der Waals surface area contributed by atoms with Gasteiger partial charge in [0.15, 0.2) is 0 Å². The van der Waals surface area contributed by atoms with Crippen LogP contribution in [0.5, 0.6) is 5.75 Å². The van der Waals surface area contributed by atoms with Crippen LogP contribution in [-0.2, 0) is 22.7 Å². The lowest BCUT2D eigenvalue weighted by atomic mass is 10.1. The van der Waals surface area contributed by atoms with Gasteiger partial charge in [-0.15, -0.1) is 0 Å². The Morgan fingerprint density at radius 3 is 2.49 bits per heavy atom. The van der Waals surface area contributed by atoms with E-state index in [1.807, 2.05) is 12.1 Å². The Bertz CT molecular complexity index is 1140. The molecule has 2 aliphatic heterocycles. The van der Waals surface area contributed by atoms with Crippen LogP contribution in [0.1, 0.15) is 16.7 Å². The van der Waals surface area contributed by atoms with Crippen molar-refractivity contribution in [3.63, 3.8) is 0 Å². The number of urea groups is 1. The van der Waals surface area contributed by atoms with E-state index in [0.29, 0.717) is 5.75 Å². The van der Waals surface area contributed by atoms with Crippen molar-refractivity contribution in [1.82, 2.24) is 25.1 Å². The summed E-state index contributed by atoms with van der Waals surface area (Å²) in [6, 6.07) is 8.95. The molecule has 2 aromatic carbocycles. The lowest BCUT2D eigenvalue weighted by Gasteiger charge is -2.51. The van der Waals surface area contributed by atoms with Crippen LogP contribution < -0.4 is 10.1 Å². The molecule has 0 bridgehead atoms. The maximum atomic E-state index is 14.4. The molecule has 2 heterocycles. The number of hydrazine groups is 1. The monoisotopic (exact) mass is 487 g/mol. The van der Waals surface area contributed by atoms with Gasteiger partial charge in [0.05, 0.1) is 20.2 Å². The average molecular weight is 488 g/mol. The standard InChI is InChI=1S/C24H27F2N5O4/c1-15-8-17(20(26)9-19(15)25)11-29-12-21-30(14-22(29)32)23(33)13-28(2)31(21)24(34)27-10-16-4-6-18(35-3)7-5-16/h4-9,21H,10-14H2,1-3H3,(H,27,34). The highest BCUT2D eigenvalue weighted by Crippen LogP contribution is 2.24. The molecule has 186 valence electrons. The number of ether oxygens (including phenoxy) is 1. The number of benzene rings is 2. The summed E-state index contributed by atoms with van der Waals surface area (Å²) in [6.07, 6.45) is -0.764. The summed E-state index contributed by atoms with van der Waals surface area (Å²) in [5, 5.41) is 5.75. The normalized spacial score (nSPS) is 18.5. The van der Waals surface area contributed by atoms with Gasteiger partial charge < -0.3 is 19.9 Å². The zero-order valence-corrected chi connectivity index (χ0v) is 19.8. The first kappa shape index (κ1) is 24.4. The van der Waals surface area contributed by atoms with Crippen molar-refractivity contribution >= 4 is 17.8 Å². The van der Waals surface area contributed by atoms with E-state index >= 15 is 0 Å². The molecule has 2 aliphatic rings.